The minimum Gasteiger partial charge on any atom is -0.354 e. The number of carbonyl (C=O) groups is 1. The maximum atomic E-state index is 11.2. The molecule has 0 aromatic rings. The number of hydrogen-bond donors (Lipinski definition) is 2. The summed E-state index contributed by atoms with van der Waals surface area (Å²) < 4.78 is 0. The van der Waals surface area contributed by atoms with E-state index in [9.17, 15) is 4.79 Å². The first-order chi connectivity index (χ1) is 5.38. The van der Waals surface area contributed by atoms with Gasteiger partial charge in [0.1, 0.15) is 0 Å². The lowest BCUT2D eigenvalue weighted by molar-refractivity contribution is -0.125. The van der Waals surface area contributed by atoms with Crippen LogP contribution in [0.3, 0.4) is 0 Å². The molecule has 72 valence electrons. The monoisotopic (exact) mass is 172 g/mol. The predicted molar refractivity (Wildman–Crippen MR) is 50.7 cm³/mol. The lowest BCUT2D eigenvalue weighted by Crippen LogP contribution is -2.49. The topological polar surface area (TPSA) is 55.1 Å². The van der Waals surface area contributed by atoms with Gasteiger partial charge in [-0.3, -0.25) is 4.79 Å². The molecule has 3 nitrogen and oxygen atoms in total. The minimum atomic E-state index is -0.756. The standard InChI is InChI=1S/C9H20N2O/c1-5-7(2)6-11-8(12)9(3,4)10/h7H,5-6,10H2,1-4H3,(H,11,12). The fraction of sp³-hybridized carbons (Fsp3) is 0.889. The van der Waals surface area contributed by atoms with E-state index in [0.29, 0.717) is 5.92 Å². The summed E-state index contributed by atoms with van der Waals surface area (Å²) in [5, 5.41) is 2.81. The van der Waals surface area contributed by atoms with Crippen LogP contribution in [0, 0.1) is 5.92 Å². The van der Waals surface area contributed by atoms with Crippen LogP contribution in [0.25, 0.3) is 0 Å². The summed E-state index contributed by atoms with van der Waals surface area (Å²) in [6.07, 6.45) is 1.07. The normalized spacial score (nSPS) is 14.1. The molecular formula is C9H20N2O. The minimum absolute atomic E-state index is 0.0807. The zero-order valence-electron chi connectivity index (χ0n) is 8.48. The average Bonchev–Trinajstić information content (AvgIpc) is 1.97. The summed E-state index contributed by atoms with van der Waals surface area (Å²) in [5.74, 6) is 0.444. The lowest BCUT2D eigenvalue weighted by Gasteiger charge is -2.19. The van der Waals surface area contributed by atoms with E-state index in [0.717, 1.165) is 13.0 Å². The van der Waals surface area contributed by atoms with Crippen LogP contribution in [-0.2, 0) is 4.79 Å². The highest BCUT2D eigenvalue weighted by atomic mass is 16.2. The van der Waals surface area contributed by atoms with Gasteiger partial charge in [-0.2, -0.15) is 0 Å². The third-order valence-corrected chi connectivity index (χ3v) is 1.89. The second-order valence-corrected chi connectivity index (χ2v) is 3.95. The highest BCUT2D eigenvalue weighted by Crippen LogP contribution is 2.00. The van der Waals surface area contributed by atoms with Crippen molar-refractivity contribution in [1.29, 1.82) is 0 Å². The van der Waals surface area contributed by atoms with Crippen molar-refractivity contribution in [1.82, 2.24) is 5.32 Å². The van der Waals surface area contributed by atoms with Gasteiger partial charge in [-0.1, -0.05) is 20.3 Å². The van der Waals surface area contributed by atoms with Gasteiger partial charge in [0.05, 0.1) is 5.54 Å². The van der Waals surface area contributed by atoms with Crippen molar-refractivity contribution < 1.29 is 4.79 Å². The van der Waals surface area contributed by atoms with Gasteiger partial charge in [0.2, 0.25) is 5.91 Å². The van der Waals surface area contributed by atoms with Crippen molar-refractivity contribution >= 4 is 5.91 Å². The molecule has 1 unspecified atom stereocenters. The van der Waals surface area contributed by atoms with Gasteiger partial charge in [-0.15, -0.1) is 0 Å². The Labute approximate surface area is 74.7 Å². The van der Waals surface area contributed by atoms with E-state index in [-0.39, 0.29) is 5.91 Å². The number of amides is 1. The number of nitrogens with two attached hydrogens (primary N) is 1. The Balaban J connectivity index is 3.73. The van der Waals surface area contributed by atoms with Crippen LogP contribution >= 0.6 is 0 Å². The summed E-state index contributed by atoms with van der Waals surface area (Å²) in [4.78, 5) is 11.2. The molecule has 3 N–H and O–H groups in total. The maximum Gasteiger partial charge on any atom is 0.239 e. The van der Waals surface area contributed by atoms with E-state index in [4.69, 9.17) is 5.73 Å². The molecule has 0 saturated heterocycles. The van der Waals surface area contributed by atoms with Gasteiger partial charge >= 0.3 is 0 Å². The second-order valence-electron chi connectivity index (χ2n) is 3.95. The van der Waals surface area contributed by atoms with Crippen molar-refractivity contribution in [2.24, 2.45) is 11.7 Å². The van der Waals surface area contributed by atoms with E-state index in [1.165, 1.54) is 0 Å². The Kier molecular flexibility index (Phi) is 4.24. The molecule has 0 aliphatic rings. The van der Waals surface area contributed by atoms with Crippen LogP contribution < -0.4 is 11.1 Å². The van der Waals surface area contributed by atoms with Crippen molar-refractivity contribution in [2.75, 3.05) is 6.54 Å². The van der Waals surface area contributed by atoms with Gasteiger partial charge in [-0.05, 0) is 19.8 Å². The molecule has 1 atom stereocenters. The van der Waals surface area contributed by atoms with E-state index >= 15 is 0 Å². The molecular weight excluding hydrogens is 152 g/mol. The van der Waals surface area contributed by atoms with Gasteiger partial charge < -0.3 is 11.1 Å². The molecule has 0 saturated carbocycles. The largest absolute Gasteiger partial charge is 0.354 e. The molecule has 0 radical (unpaired) electrons. The Morgan fingerprint density at radius 2 is 2.08 bits per heavy atom. The highest BCUT2D eigenvalue weighted by molar-refractivity contribution is 5.84. The zero-order valence-corrected chi connectivity index (χ0v) is 8.48. The summed E-state index contributed by atoms with van der Waals surface area (Å²) in [6, 6.07) is 0. The first-order valence-electron chi connectivity index (χ1n) is 4.45. The van der Waals surface area contributed by atoms with E-state index < -0.39 is 5.54 Å². The first kappa shape index (κ1) is 11.4. The first-order valence-corrected chi connectivity index (χ1v) is 4.45. The lowest BCUT2D eigenvalue weighted by atomic mass is 10.1. The molecule has 0 aromatic heterocycles. The molecule has 0 heterocycles. The Morgan fingerprint density at radius 3 is 2.42 bits per heavy atom. The molecule has 0 bridgehead atoms. The molecule has 0 spiro atoms. The van der Waals surface area contributed by atoms with Crippen LogP contribution in [0.15, 0.2) is 0 Å². The van der Waals surface area contributed by atoms with Gasteiger partial charge in [0, 0.05) is 6.54 Å². The van der Waals surface area contributed by atoms with Crippen molar-refractivity contribution in [2.45, 2.75) is 39.7 Å². The van der Waals surface area contributed by atoms with E-state index in [2.05, 4.69) is 19.2 Å². The van der Waals surface area contributed by atoms with Gasteiger partial charge in [-0.25, -0.2) is 0 Å². The van der Waals surface area contributed by atoms with Crippen molar-refractivity contribution in [3.63, 3.8) is 0 Å². The van der Waals surface area contributed by atoms with Crippen LogP contribution in [0.1, 0.15) is 34.1 Å². The predicted octanol–water partition coefficient (Wildman–Crippen LogP) is 0.886. The Bertz CT molecular complexity index is 149. The summed E-state index contributed by atoms with van der Waals surface area (Å²) in [7, 11) is 0. The van der Waals surface area contributed by atoms with E-state index in [1.807, 2.05) is 0 Å². The van der Waals surface area contributed by atoms with Crippen LogP contribution in [0.2, 0.25) is 0 Å². The van der Waals surface area contributed by atoms with Crippen LogP contribution in [0.5, 0.6) is 0 Å². The van der Waals surface area contributed by atoms with Crippen molar-refractivity contribution in [3.8, 4) is 0 Å². The Hall–Kier alpha value is -0.570. The molecule has 0 aromatic carbocycles. The number of nitrogens with one attached hydrogen (secondary N) is 1. The van der Waals surface area contributed by atoms with Crippen LogP contribution in [0.4, 0.5) is 0 Å². The summed E-state index contributed by atoms with van der Waals surface area (Å²) >= 11 is 0. The SMILES string of the molecule is CCC(C)CNC(=O)C(C)(C)N. The third-order valence-electron chi connectivity index (χ3n) is 1.89. The van der Waals surface area contributed by atoms with Crippen molar-refractivity contribution in [3.05, 3.63) is 0 Å². The fourth-order valence-electron chi connectivity index (χ4n) is 0.639. The summed E-state index contributed by atoms with van der Waals surface area (Å²) in [6.45, 7) is 8.34. The third kappa shape index (κ3) is 4.34. The molecule has 1 amide bonds. The van der Waals surface area contributed by atoms with E-state index in [1.54, 1.807) is 13.8 Å². The molecule has 0 aliphatic carbocycles. The quantitative estimate of drug-likeness (QED) is 0.661. The molecule has 0 fully saturated rings. The zero-order chi connectivity index (χ0) is 9.78. The number of rotatable bonds is 4. The molecule has 0 rings (SSSR count). The average molecular weight is 172 g/mol. The summed E-state index contributed by atoms with van der Waals surface area (Å²) in [5.41, 5.74) is 4.84. The van der Waals surface area contributed by atoms with Gasteiger partial charge in [0.25, 0.3) is 0 Å². The smallest absolute Gasteiger partial charge is 0.239 e. The second kappa shape index (κ2) is 4.45. The fourth-order valence-corrected chi connectivity index (χ4v) is 0.639. The maximum absolute atomic E-state index is 11.2. The number of hydrogen-bond acceptors (Lipinski definition) is 2. The molecule has 3 heteroatoms. The number of carbonyl (C=O) groups excluding carboxylic acids is 1. The van der Waals surface area contributed by atoms with Gasteiger partial charge in [0.15, 0.2) is 0 Å². The highest BCUT2D eigenvalue weighted by Gasteiger charge is 2.21. The molecule has 12 heavy (non-hydrogen) atoms. The Morgan fingerprint density at radius 1 is 1.58 bits per heavy atom. The van der Waals surface area contributed by atoms with Crippen LogP contribution in [-0.4, -0.2) is 18.0 Å². The molecule has 0 aliphatic heterocycles.